The number of hydrogen-bond donors (Lipinski definition) is 1. The van der Waals surface area contributed by atoms with Gasteiger partial charge in [-0.05, 0) is 46.3 Å². The van der Waals surface area contributed by atoms with Crippen molar-refractivity contribution < 1.29 is 0 Å². The van der Waals surface area contributed by atoms with Crippen LogP contribution in [0.15, 0.2) is 46.7 Å². The van der Waals surface area contributed by atoms with Gasteiger partial charge in [-0.3, -0.25) is 0 Å². The molecule has 1 aliphatic heterocycles. The second-order valence-corrected chi connectivity index (χ2v) is 3.85. The van der Waals surface area contributed by atoms with Crippen LogP contribution in [0, 0.1) is 6.92 Å². The first-order valence-corrected chi connectivity index (χ1v) is 5.19. The Bertz CT molecular complexity index is 518. The average Bonchev–Trinajstić information content (AvgIpc) is 2.17. The van der Waals surface area contributed by atoms with Crippen LogP contribution in [0.2, 0.25) is 0 Å². The molecule has 1 aromatic heterocycles. The Labute approximate surface area is 96.1 Å². The fourth-order valence-corrected chi connectivity index (χ4v) is 1.41. The summed E-state index contributed by atoms with van der Waals surface area (Å²) >= 11 is 3.27. The summed E-state index contributed by atoms with van der Waals surface area (Å²) in [5, 5.41) is 3.05. The van der Waals surface area contributed by atoms with Crippen LogP contribution in [0.5, 0.6) is 0 Å². The molecule has 0 unspecified atom stereocenters. The third kappa shape index (κ3) is 2.67. The van der Waals surface area contributed by atoms with E-state index in [1.165, 1.54) is 0 Å². The van der Waals surface area contributed by atoms with Crippen LogP contribution in [0.4, 0.5) is 5.82 Å². The number of aliphatic imine (C=N–C) groups is 1. The molecule has 0 radical (unpaired) electrons. The smallest absolute Gasteiger partial charge is 0.185 e. The van der Waals surface area contributed by atoms with E-state index in [0.717, 1.165) is 16.0 Å². The van der Waals surface area contributed by atoms with E-state index in [1.807, 2.05) is 19.1 Å². The third-order valence-electron chi connectivity index (χ3n) is 1.76. The van der Waals surface area contributed by atoms with Gasteiger partial charge in [0, 0.05) is 12.3 Å². The number of rotatable bonds is 2. The summed E-state index contributed by atoms with van der Waals surface area (Å²) in [6.45, 7) is 2.01. The lowest BCUT2D eigenvalue weighted by molar-refractivity contribution is 1.22. The average molecular weight is 262 g/mol. The Morgan fingerprint density at radius 3 is 3.07 bits per heavy atom. The number of nitrogens with zero attached hydrogens (tertiary/aromatic N) is 2. The molecular weight excluding hydrogens is 254 g/mol. The molecular formula is C11H8BrN3. The Morgan fingerprint density at radius 2 is 2.33 bits per heavy atom. The molecule has 0 fully saturated rings. The summed E-state index contributed by atoms with van der Waals surface area (Å²) in [7, 11) is 0. The minimum atomic E-state index is 0.600. The zero-order valence-electron chi connectivity index (χ0n) is 8.08. The molecule has 0 saturated heterocycles. The molecule has 74 valence electrons. The molecule has 0 spiro atoms. The van der Waals surface area contributed by atoms with Crippen molar-refractivity contribution in [3.63, 3.8) is 0 Å². The summed E-state index contributed by atoms with van der Waals surface area (Å²) < 4.78 is 0.719. The maximum atomic E-state index is 4.18. The topological polar surface area (TPSA) is 37.3 Å². The van der Waals surface area contributed by atoms with Gasteiger partial charge in [0.15, 0.2) is 5.82 Å². The highest BCUT2D eigenvalue weighted by Crippen LogP contribution is 2.10. The summed E-state index contributed by atoms with van der Waals surface area (Å²) in [6, 6.07) is 3.88. The number of pyridine rings is 1. The second kappa shape index (κ2) is 4.28. The normalized spacial score (nSPS) is 13.5. The quantitative estimate of drug-likeness (QED) is 0.832. The van der Waals surface area contributed by atoms with Crippen LogP contribution in [-0.2, 0) is 0 Å². The maximum Gasteiger partial charge on any atom is 0.185 e. The van der Waals surface area contributed by atoms with Crippen LogP contribution in [0.3, 0.4) is 0 Å². The second-order valence-electron chi connectivity index (χ2n) is 3.04. The Hall–Kier alpha value is -1.60. The van der Waals surface area contributed by atoms with Crippen molar-refractivity contribution >= 4 is 26.4 Å². The Morgan fingerprint density at radius 1 is 1.47 bits per heavy atom. The predicted octanol–water partition coefficient (Wildman–Crippen LogP) is 2.76. The molecule has 2 rings (SSSR count). The lowest BCUT2D eigenvalue weighted by atomic mass is 10.3. The van der Waals surface area contributed by atoms with E-state index in [2.05, 4.69) is 42.7 Å². The van der Waals surface area contributed by atoms with E-state index >= 15 is 0 Å². The van der Waals surface area contributed by atoms with Crippen molar-refractivity contribution in [3.8, 4) is 0 Å². The van der Waals surface area contributed by atoms with Crippen LogP contribution in [-0.4, -0.2) is 9.60 Å². The Balaban J connectivity index is 2.24. The van der Waals surface area contributed by atoms with Gasteiger partial charge in [-0.15, -0.1) is 0 Å². The van der Waals surface area contributed by atoms with Crippen molar-refractivity contribution in [1.29, 1.82) is 0 Å². The highest BCUT2D eigenvalue weighted by atomic mass is 79.9. The number of hydrogen-bond acceptors (Lipinski definition) is 3. The molecule has 0 saturated carbocycles. The highest BCUT2D eigenvalue weighted by Gasteiger charge is 2.00. The predicted molar refractivity (Wildman–Crippen MR) is 64.1 cm³/mol. The van der Waals surface area contributed by atoms with Gasteiger partial charge in [-0.2, -0.15) is 0 Å². The lowest BCUT2D eigenvalue weighted by Crippen LogP contribution is -2.00. The van der Waals surface area contributed by atoms with Gasteiger partial charge >= 0.3 is 0 Å². The Kier molecular flexibility index (Phi) is 2.84. The number of allylic oxidation sites excluding steroid dienone is 1. The van der Waals surface area contributed by atoms with Gasteiger partial charge in [-0.1, -0.05) is 5.73 Å². The molecule has 0 bridgehead atoms. The fourth-order valence-electron chi connectivity index (χ4n) is 1.12. The molecule has 1 aliphatic rings. The van der Waals surface area contributed by atoms with Crippen LogP contribution >= 0.6 is 15.9 Å². The summed E-state index contributed by atoms with van der Waals surface area (Å²) in [5.74, 6) is 1.35. The summed E-state index contributed by atoms with van der Waals surface area (Å²) in [5.41, 5.74) is 6.84. The molecule has 1 aromatic rings. The van der Waals surface area contributed by atoms with Gasteiger partial charge in [0.25, 0.3) is 0 Å². The minimum Gasteiger partial charge on any atom is -0.318 e. The number of aryl methyl sites for hydroxylation is 1. The van der Waals surface area contributed by atoms with Crippen LogP contribution in [0.1, 0.15) is 5.56 Å². The van der Waals surface area contributed by atoms with Crippen molar-refractivity contribution in [3.05, 3.63) is 47.3 Å². The van der Waals surface area contributed by atoms with Crippen molar-refractivity contribution in [2.24, 2.45) is 4.99 Å². The maximum absolute atomic E-state index is 4.18. The molecule has 0 atom stereocenters. The van der Waals surface area contributed by atoms with Gasteiger partial charge in [-0.25, -0.2) is 9.98 Å². The third-order valence-corrected chi connectivity index (χ3v) is 2.17. The first-order chi connectivity index (χ1) is 7.24. The van der Waals surface area contributed by atoms with Crippen molar-refractivity contribution in [2.75, 3.05) is 5.32 Å². The van der Waals surface area contributed by atoms with Crippen molar-refractivity contribution in [1.82, 2.24) is 4.98 Å². The van der Waals surface area contributed by atoms with Gasteiger partial charge in [0.2, 0.25) is 0 Å². The molecule has 15 heavy (non-hydrogen) atoms. The highest BCUT2D eigenvalue weighted by molar-refractivity contribution is 9.18. The van der Waals surface area contributed by atoms with E-state index in [1.54, 1.807) is 12.3 Å². The minimum absolute atomic E-state index is 0.600. The van der Waals surface area contributed by atoms with Gasteiger partial charge in [0.05, 0.1) is 0 Å². The summed E-state index contributed by atoms with van der Waals surface area (Å²) in [4.78, 5) is 8.34. The molecule has 3 nitrogen and oxygen atoms in total. The van der Waals surface area contributed by atoms with E-state index in [0.29, 0.717) is 5.82 Å². The number of aromatic nitrogens is 1. The van der Waals surface area contributed by atoms with Crippen molar-refractivity contribution in [2.45, 2.75) is 6.92 Å². The molecule has 1 N–H and O–H groups in total. The van der Waals surface area contributed by atoms with Gasteiger partial charge in [0.1, 0.15) is 10.4 Å². The molecule has 2 heterocycles. The van der Waals surface area contributed by atoms with Gasteiger partial charge < -0.3 is 5.32 Å². The lowest BCUT2D eigenvalue weighted by Gasteiger charge is -2.04. The fraction of sp³-hybridized carbons (Fsp3) is 0.0909. The number of anilines is 1. The largest absolute Gasteiger partial charge is 0.318 e. The van der Waals surface area contributed by atoms with Crippen LogP contribution < -0.4 is 5.32 Å². The SMILES string of the molecule is Cc1ccnc(NC2=C=C=CC(Br)=N2)c1. The zero-order chi connectivity index (χ0) is 10.7. The zero-order valence-corrected chi connectivity index (χ0v) is 9.67. The summed E-state index contributed by atoms with van der Waals surface area (Å²) in [6.07, 6.45) is 3.45. The molecule has 0 amide bonds. The molecule has 0 aliphatic carbocycles. The standard InChI is InChI=1S/C11H8BrN3/c1-8-5-6-13-11(7-8)15-10-4-2-3-9(12)14-10/h3,5-7H,1H3,(H,13,14,15). The monoisotopic (exact) mass is 261 g/mol. The van der Waals surface area contributed by atoms with Crippen LogP contribution in [0.25, 0.3) is 0 Å². The van der Waals surface area contributed by atoms with E-state index in [9.17, 15) is 0 Å². The van der Waals surface area contributed by atoms with E-state index < -0.39 is 0 Å². The van der Waals surface area contributed by atoms with E-state index in [4.69, 9.17) is 0 Å². The first-order valence-electron chi connectivity index (χ1n) is 4.39. The molecule has 4 heteroatoms. The number of nitrogens with one attached hydrogen (secondary N) is 1. The molecule has 0 aromatic carbocycles. The van der Waals surface area contributed by atoms with E-state index in [-0.39, 0.29) is 0 Å². The first kappa shape index (κ1) is 9.94. The number of halogens is 1.